The SMILES string of the molecule is CCCC1CC(NCCC(C)C)CN(CCO)C1. The molecule has 0 aromatic rings. The molecule has 0 bridgehead atoms. The summed E-state index contributed by atoms with van der Waals surface area (Å²) >= 11 is 0. The predicted octanol–water partition coefficient (Wildman–Crippen LogP) is 2.11. The molecule has 0 spiro atoms. The number of rotatable bonds is 8. The van der Waals surface area contributed by atoms with Crippen molar-refractivity contribution in [3.63, 3.8) is 0 Å². The zero-order valence-corrected chi connectivity index (χ0v) is 12.5. The number of likely N-dealkylation sites (tertiary alicyclic amines) is 1. The Hall–Kier alpha value is -0.120. The Bertz CT molecular complexity index is 195. The van der Waals surface area contributed by atoms with Crippen molar-refractivity contribution in [1.29, 1.82) is 0 Å². The zero-order chi connectivity index (χ0) is 13.4. The van der Waals surface area contributed by atoms with Crippen molar-refractivity contribution < 1.29 is 5.11 Å². The third kappa shape index (κ3) is 6.17. The fraction of sp³-hybridized carbons (Fsp3) is 1.00. The van der Waals surface area contributed by atoms with Gasteiger partial charge in [0.1, 0.15) is 0 Å². The largest absolute Gasteiger partial charge is 0.395 e. The van der Waals surface area contributed by atoms with E-state index in [0.717, 1.165) is 31.5 Å². The van der Waals surface area contributed by atoms with Crippen LogP contribution in [0.5, 0.6) is 0 Å². The number of nitrogens with one attached hydrogen (secondary N) is 1. The van der Waals surface area contributed by atoms with Crippen molar-refractivity contribution in [3.8, 4) is 0 Å². The highest BCUT2D eigenvalue weighted by Gasteiger charge is 2.25. The molecular weight excluding hydrogens is 224 g/mol. The van der Waals surface area contributed by atoms with Gasteiger partial charge in [0.15, 0.2) is 0 Å². The molecular formula is C15H32N2O. The summed E-state index contributed by atoms with van der Waals surface area (Å²) in [5.74, 6) is 1.59. The Morgan fingerprint density at radius 2 is 2.11 bits per heavy atom. The lowest BCUT2D eigenvalue weighted by molar-refractivity contribution is 0.111. The van der Waals surface area contributed by atoms with Gasteiger partial charge in [0.25, 0.3) is 0 Å². The molecule has 3 nitrogen and oxygen atoms in total. The molecule has 18 heavy (non-hydrogen) atoms. The maximum atomic E-state index is 9.11. The summed E-state index contributed by atoms with van der Waals surface area (Å²) in [5, 5.41) is 12.8. The first-order valence-corrected chi connectivity index (χ1v) is 7.72. The minimum Gasteiger partial charge on any atom is -0.395 e. The number of aliphatic hydroxyl groups is 1. The second-order valence-electron chi connectivity index (χ2n) is 6.21. The number of hydrogen-bond acceptors (Lipinski definition) is 3. The van der Waals surface area contributed by atoms with E-state index in [1.54, 1.807) is 0 Å². The number of aliphatic hydroxyl groups excluding tert-OH is 1. The van der Waals surface area contributed by atoms with Crippen LogP contribution < -0.4 is 5.32 Å². The molecule has 2 unspecified atom stereocenters. The molecule has 2 atom stereocenters. The molecule has 1 heterocycles. The average molecular weight is 256 g/mol. The molecule has 108 valence electrons. The molecule has 0 aromatic carbocycles. The Labute approximate surface area is 113 Å². The third-order valence-corrected chi connectivity index (χ3v) is 3.88. The van der Waals surface area contributed by atoms with Gasteiger partial charge in [0.2, 0.25) is 0 Å². The summed E-state index contributed by atoms with van der Waals surface area (Å²) in [7, 11) is 0. The van der Waals surface area contributed by atoms with Crippen LogP contribution in [0.3, 0.4) is 0 Å². The van der Waals surface area contributed by atoms with Crippen molar-refractivity contribution in [2.75, 3.05) is 32.8 Å². The fourth-order valence-electron chi connectivity index (χ4n) is 2.97. The normalized spacial score (nSPS) is 25.8. The molecule has 1 aliphatic heterocycles. The molecule has 1 fully saturated rings. The molecule has 1 rings (SSSR count). The van der Waals surface area contributed by atoms with Crippen LogP contribution in [0, 0.1) is 11.8 Å². The Morgan fingerprint density at radius 3 is 2.72 bits per heavy atom. The summed E-state index contributed by atoms with van der Waals surface area (Å²) in [5.41, 5.74) is 0. The molecule has 0 aromatic heterocycles. The summed E-state index contributed by atoms with van der Waals surface area (Å²) in [6.07, 6.45) is 5.17. The van der Waals surface area contributed by atoms with Crippen LogP contribution in [0.15, 0.2) is 0 Å². The first-order valence-electron chi connectivity index (χ1n) is 7.72. The standard InChI is InChI=1S/C15H32N2O/c1-4-5-14-10-15(16-7-6-13(2)3)12-17(11-14)8-9-18/h13-16,18H,4-12H2,1-3H3. The number of piperidine rings is 1. The number of hydrogen-bond donors (Lipinski definition) is 2. The van der Waals surface area contributed by atoms with E-state index in [9.17, 15) is 0 Å². The van der Waals surface area contributed by atoms with Gasteiger partial charge < -0.3 is 10.4 Å². The quantitative estimate of drug-likeness (QED) is 0.698. The van der Waals surface area contributed by atoms with Crippen LogP contribution >= 0.6 is 0 Å². The van der Waals surface area contributed by atoms with Crippen molar-refractivity contribution >= 4 is 0 Å². The first-order chi connectivity index (χ1) is 8.65. The lowest BCUT2D eigenvalue weighted by Gasteiger charge is -2.38. The van der Waals surface area contributed by atoms with Crippen molar-refractivity contribution in [2.45, 2.75) is 52.5 Å². The lowest BCUT2D eigenvalue weighted by atomic mass is 9.90. The van der Waals surface area contributed by atoms with Crippen LogP contribution in [0.25, 0.3) is 0 Å². The molecule has 0 aliphatic carbocycles. The van der Waals surface area contributed by atoms with E-state index in [-0.39, 0.29) is 6.61 Å². The number of β-amino-alcohol motifs (C(OH)–C–C–N with tert-alkyl or cyclic N) is 1. The maximum Gasteiger partial charge on any atom is 0.0558 e. The van der Waals surface area contributed by atoms with Gasteiger partial charge in [-0.2, -0.15) is 0 Å². The van der Waals surface area contributed by atoms with Crippen LogP contribution in [-0.2, 0) is 0 Å². The molecule has 0 amide bonds. The molecule has 2 N–H and O–H groups in total. The predicted molar refractivity (Wildman–Crippen MR) is 77.8 cm³/mol. The molecule has 0 saturated carbocycles. The van der Waals surface area contributed by atoms with Gasteiger partial charge in [-0.15, -0.1) is 0 Å². The molecule has 3 heteroatoms. The van der Waals surface area contributed by atoms with Gasteiger partial charge in [0, 0.05) is 25.7 Å². The van der Waals surface area contributed by atoms with Gasteiger partial charge in [-0.25, -0.2) is 0 Å². The van der Waals surface area contributed by atoms with Crippen LogP contribution in [0.1, 0.15) is 46.5 Å². The average Bonchev–Trinajstić information content (AvgIpc) is 2.29. The van der Waals surface area contributed by atoms with Gasteiger partial charge in [-0.3, -0.25) is 4.90 Å². The van der Waals surface area contributed by atoms with Crippen molar-refractivity contribution in [1.82, 2.24) is 10.2 Å². The van der Waals surface area contributed by atoms with Crippen LogP contribution in [0.2, 0.25) is 0 Å². The summed E-state index contributed by atoms with van der Waals surface area (Å²) in [4.78, 5) is 2.43. The second kappa shape index (κ2) is 8.89. The Kier molecular flexibility index (Phi) is 7.87. The third-order valence-electron chi connectivity index (χ3n) is 3.88. The first kappa shape index (κ1) is 15.9. The maximum absolute atomic E-state index is 9.11. The van der Waals surface area contributed by atoms with E-state index in [1.807, 2.05) is 0 Å². The fourth-order valence-corrected chi connectivity index (χ4v) is 2.97. The second-order valence-corrected chi connectivity index (χ2v) is 6.21. The minimum absolute atomic E-state index is 0.289. The van der Waals surface area contributed by atoms with Gasteiger partial charge in [-0.05, 0) is 37.6 Å². The van der Waals surface area contributed by atoms with E-state index in [2.05, 4.69) is 31.0 Å². The van der Waals surface area contributed by atoms with Crippen molar-refractivity contribution in [2.24, 2.45) is 11.8 Å². The Balaban J connectivity index is 2.35. The highest BCUT2D eigenvalue weighted by molar-refractivity contribution is 4.83. The van der Waals surface area contributed by atoms with E-state index >= 15 is 0 Å². The highest BCUT2D eigenvalue weighted by atomic mass is 16.3. The Morgan fingerprint density at radius 1 is 1.33 bits per heavy atom. The van der Waals surface area contributed by atoms with E-state index in [4.69, 9.17) is 5.11 Å². The molecule has 0 radical (unpaired) electrons. The molecule has 1 saturated heterocycles. The highest BCUT2D eigenvalue weighted by Crippen LogP contribution is 2.21. The smallest absolute Gasteiger partial charge is 0.0558 e. The van der Waals surface area contributed by atoms with Gasteiger partial charge in [-0.1, -0.05) is 27.2 Å². The summed E-state index contributed by atoms with van der Waals surface area (Å²) in [6.45, 7) is 11.4. The van der Waals surface area contributed by atoms with Crippen LogP contribution in [0.4, 0.5) is 0 Å². The number of nitrogens with zero attached hydrogens (tertiary/aromatic N) is 1. The van der Waals surface area contributed by atoms with Gasteiger partial charge in [0.05, 0.1) is 6.61 Å². The molecule has 1 aliphatic rings. The monoisotopic (exact) mass is 256 g/mol. The minimum atomic E-state index is 0.289. The zero-order valence-electron chi connectivity index (χ0n) is 12.5. The van der Waals surface area contributed by atoms with E-state index < -0.39 is 0 Å². The van der Waals surface area contributed by atoms with E-state index in [1.165, 1.54) is 32.2 Å². The lowest BCUT2D eigenvalue weighted by Crippen LogP contribution is -2.50. The van der Waals surface area contributed by atoms with Gasteiger partial charge >= 0.3 is 0 Å². The van der Waals surface area contributed by atoms with Crippen LogP contribution in [-0.4, -0.2) is 48.8 Å². The summed E-state index contributed by atoms with van der Waals surface area (Å²) in [6, 6.07) is 0.626. The van der Waals surface area contributed by atoms with E-state index in [0.29, 0.717) is 6.04 Å². The topological polar surface area (TPSA) is 35.5 Å². The summed E-state index contributed by atoms with van der Waals surface area (Å²) < 4.78 is 0. The van der Waals surface area contributed by atoms with Crippen molar-refractivity contribution in [3.05, 3.63) is 0 Å².